The molecule has 2 rings (SSSR count). The molecule has 0 N–H and O–H groups in total. The van der Waals surface area contributed by atoms with Crippen molar-refractivity contribution in [3.8, 4) is 0 Å². The van der Waals surface area contributed by atoms with Crippen LogP contribution in [0.5, 0.6) is 0 Å². The molecular weight excluding hydrogens is 330 g/mol. The molecule has 116 valence electrons. The van der Waals surface area contributed by atoms with E-state index in [1.165, 1.54) is 4.31 Å². The summed E-state index contributed by atoms with van der Waals surface area (Å²) in [5.74, 6) is 0.395. The number of rotatable bonds is 6. The SMILES string of the molecule is Cc1nn(CCCl)c(C)c1S(=O)(=O)N(C)Cc1ccsc1. The molecule has 0 saturated carbocycles. The molecule has 0 aromatic carbocycles. The van der Waals surface area contributed by atoms with Crippen molar-refractivity contribution in [2.75, 3.05) is 12.9 Å². The first-order chi connectivity index (χ1) is 9.87. The highest BCUT2D eigenvalue weighted by molar-refractivity contribution is 7.89. The first kappa shape index (κ1) is 16.5. The van der Waals surface area contributed by atoms with E-state index in [2.05, 4.69) is 5.10 Å². The van der Waals surface area contributed by atoms with E-state index in [1.54, 1.807) is 36.9 Å². The van der Waals surface area contributed by atoms with E-state index in [0.29, 0.717) is 30.4 Å². The van der Waals surface area contributed by atoms with Crippen molar-refractivity contribution in [2.45, 2.75) is 31.8 Å². The summed E-state index contributed by atoms with van der Waals surface area (Å²) in [4.78, 5) is 0.283. The molecule has 2 heterocycles. The van der Waals surface area contributed by atoms with Gasteiger partial charge in [0.1, 0.15) is 4.90 Å². The van der Waals surface area contributed by atoms with E-state index in [4.69, 9.17) is 11.6 Å². The second-order valence-electron chi connectivity index (χ2n) is 4.80. The zero-order valence-corrected chi connectivity index (χ0v) is 14.6. The molecule has 0 saturated heterocycles. The molecule has 0 fully saturated rings. The minimum atomic E-state index is -3.56. The van der Waals surface area contributed by atoms with Gasteiger partial charge in [0.2, 0.25) is 10.0 Å². The fourth-order valence-electron chi connectivity index (χ4n) is 2.23. The van der Waals surface area contributed by atoms with Crippen molar-refractivity contribution in [3.05, 3.63) is 33.8 Å². The van der Waals surface area contributed by atoms with Gasteiger partial charge in [-0.05, 0) is 36.2 Å². The normalized spacial score (nSPS) is 12.2. The molecule has 8 heteroatoms. The standard InChI is InChI=1S/C13H18ClN3O2S2/c1-10-13(11(2)17(15-10)6-5-14)21(18,19)16(3)8-12-4-7-20-9-12/h4,7,9H,5-6,8H2,1-3H3. The van der Waals surface area contributed by atoms with Crippen LogP contribution in [0.25, 0.3) is 0 Å². The average molecular weight is 348 g/mol. The molecule has 0 radical (unpaired) electrons. The Kier molecular flexibility index (Phi) is 5.08. The molecule has 0 amide bonds. The highest BCUT2D eigenvalue weighted by atomic mass is 35.5. The minimum Gasteiger partial charge on any atom is -0.267 e. The Morgan fingerprint density at radius 2 is 2.14 bits per heavy atom. The molecule has 0 atom stereocenters. The summed E-state index contributed by atoms with van der Waals surface area (Å²) in [6.07, 6.45) is 0. The van der Waals surface area contributed by atoms with Crippen LogP contribution in [-0.2, 0) is 23.1 Å². The lowest BCUT2D eigenvalue weighted by Crippen LogP contribution is -2.27. The van der Waals surface area contributed by atoms with Crippen LogP contribution in [0, 0.1) is 13.8 Å². The van der Waals surface area contributed by atoms with Gasteiger partial charge in [-0.3, -0.25) is 4.68 Å². The third-order valence-electron chi connectivity index (χ3n) is 3.27. The summed E-state index contributed by atoms with van der Waals surface area (Å²) in [6, 6.07) is 1.92. The van der Waals surface area contributed by atoms with Gasteiger partial charge in [0.25, 0.3) is 0 Å². The molecule has 2 aromatic rings. The van der Waals surface area contributed by atoms with Gasteiger partial charge in [-0.15, -0.1) is 11.6 Å². The van der Waals surface area contributed by atoms with Gasteiger partial charge < -0.3 is 0 Å². The first-order valence-corrected chi connectivity index (χ1v) is 9.37. The number of thiophene rings is 1. The number of sulfonamides is 1. The lowest BCUT2D eigenvalue weighted by atomic mass is 10.3. The Morgan fingerprint density at radius 3 is 2.71 bits per heavy atom. The first-order valence-electron chi connectivity index (χ1n) is 6.45. The van der Waals surface area contributed by atoms with Gasteiger partial charge >= 0.3 is 0 Å². The molecule has 0 bridgehead atoms. The average Bonchev–Trinajstić information content (AvgIpc) is 2.99. The van der Waals surface area contributed by atoms with Crippen molar-refractivity contribution in [1.82, 2.24) is 14.1 Å². The van der Waals surface area contributed by atoms with Gasteiger partial charge in [-0.25, -0.2) is 8.42 Å². The van der Waals surface area contributed by atoms with Crippen molar-refractivity contribution < 1.29 is 8.42 Å². The molecule has 0 aliphatic heterocycles. The second-order valence-corrected chi connectivity index (χ2v) is 7.94. The van der Waals surface area contributed by atoms with E-state index in [-0.39, 0.29) is 4.90 Å². The molecule has 0 aliphatic carbocycles. The molecule has 0 spiro atoms. The van der Waals surface area contributed by atoms with Crippen LogP contribution < -0.4 is 0 Å². The molecule has 0 unspecified atom stereocenters. The lowest BCUT2D eigenvalue weighted by molar-refractivity contribution is 0.466. The minimum absolute atomic E-state index is 0.283. The largest absolute Gasteiger partial charge is 0.267 e. The summed E-state index contributed by atoms with van der Waals surface area (Å²) in [5, 5.41) is 8.16. The van der Waals surface area contributed by atoms with E-state index in [1.807, 2.05) is 16.8 Å². The maximum atomic E-state index is 12.8. The van der Waals surface area contributed by atoms with Crippen LogP contribution in [-0.4, -0.2) is 35.4 Å². The predicted molar refractivity (Wildman–Crippen MR) is 85.4 cm³/mol. The van der Waals surface area contributed by atoms with E-state index in [0.717, 1.165) is 5.56 Å². The zero-order valence-electron chi connectivity index (χ0n) is 12.2. The summed E-state index contributed by atoms with van der Waals surface area (Å²) in [5.41, 5.74) is 2.12. The van der Waals surface area contributed by atoms with Gasteiger partial charge in [0.15, 0.2) is 0 Å². The number of aryl methyl sites for hydroxylation is 2. The molecular formula is C13H18ClN3O2S2. The van der Waals surface area contributed by atoms with Crippen LogP contribution in [0.3, 0.4) is 0 Å². The molecule has 2 aromatic heterocycles. The fraction of sp³-hybridized carbons (Fsp3) is 0.462. The van der Waals surface area contributed by atoms with Crippen LogP contribution in [0.15, 0.2) is 21.7 Å². The molecule has 0 aliphatic rings. The summed E-state index contributed by atoms with van der Waals surface area (Å²) in [7, 11) is -1.97. The van der Waals surface area contributed by atoms with Crippen LogP contribution in [0.4, 0.5) is 0 Å². The van der Waals surface area contributed by atoms with Gasteiger partial charge in [0.05, 0.1) is 17.9 Å². The number of nitrogens with zero attached hydrogens (tertiary/aromatic N) is 3. The molecule has 5 nitrogen and oxygen atoms in total. The van der Waals surface area contributed by atoms with E-state index in [9.17, 15) is 8.42 Å². The van der Waals surface area contributed by atoms with Crippen LogP contribution in [0.2, 0.25) is 0 Å². The van der Waals surface area contributed by atoms with Gasteiger partial charge in [-0.1, -0.05) is 0 Å². The number of hydrogen-bond acceptors (Lipinski definition) is 4. The smallest absolute Gasteiger partial charge is 0.246 e. The predicted octanol–water partition coefficient (Wildman–Crippen LogP) is 2.62. The Morgan fingerprint density at radius 1 is 1.43 bits per heavy atom. The summed E-state index contributed by atoms with van der Waals surface area (Å²) >= 11 is 7.27. The quantitative estimate of drug-likeness (QED) is 0.755. The van der Waals surface area contributed by atoms with Gasteiger partial charge in [0, 0.05) is 19.5 Å². The lowest BCUT2D eigenvalue weighted by Gasteiger charge is -2.17. The number of aromatic nitrogens is 2. The van der Waals surface area contributed by atoms with Crippen LogP contribution in [0.1, 0.15) is 17.0 Å². The topological polar surface area (TPSA) is 55.2 Å². The van der Waals surface area contributed by atoms with Crippen molar-refractivity contribution in [3.63, 3.8) is 0 Å². The monoisotopic (exact) mass is 347 g/mol. The summed E-state index contributed by atoms with van der Waals surface area (Å²) < 4.78 is 28.5. The Labute approximate surface area is 134 Å². The molecule has 21 heavy (non-hydrogen) atoms. The Hall–Kier alpha value is -0.890. The maximum Gasteiger partial charge on any atom is 0.246 e. The van der Waals surface area contributed by atoms with Crippen molar-refractivity contribution in [1.29, 1.82) is 0 Å². The third-order valence-corrected chi connectivity index (χ3v) is 6.22. The number of hydrogen-bond donors (Lipinski definition) is 0. The second kappa shape index (κ2) is 6.48. The van der Waals surface area contributed by atoms with Crippen molar-refractivity contribution in [2.24, 2.45) is 0 Å². The van der Waals surface area contributed by atoms with E-state index >= 15 is 0 Å². The van der Waals surface area contributed by atoms with Gasteiger partial charge in [-0.2, -0.15) is 20.7 Å². The highest BCUT2D eigenvalue weighted by Crippen LogP contribution is 2.24. The van der Waals surface area contributed by atoms with E-state index < -0.39 is 10.0 Å². The fourth-order valence-corrected chi connectivity index (χ4v) is 4.58. The number of halogens is 1. The zero-order chi connectivity index (χ0) is 15.6. The number of alkyl halides is 1. The van der Waals surface area contributed by atoms with Crippen LogP contribution >= 0.6 is 22.9 Å². The Balaban J connectivity index is 2.35. The Bertz CT molecular complexity index is 708. The highest BCUT2D eigenvalue weighted by Gasteiger charge is 2.28. The third kappa shape index (κ3) is 3.31. The van der Waals surface area contributed by atoms with Crippen molar-refractivity contribution >= 4 is 33.0 Å². The maximum absolute atomic E-state index is 12.8. The summed E-state index contributed by atoms with van der Waals surface area (Å²) in [6.45, 7) is 4.32.